The van der Waals surface area contributed by atoms with Gasteiger partial charge in [-0.25, -0.2) is 4.79 Å². The number of hydrogen-bond donors (Lipinski definition) is 2. The number of ketones is 1. The predicted molar refractivity (Wildman–Crippen MR) is 114 cm³/mol. The summed E-state index contributed by atoms with van der Waals surface area (Å²) in [6.07, 6.45) is 1.33. The summed E-state index contributed by atoms with van der Waals surface area (Å²) in [7, 11) is 1.23. The summed E-state index contributed by atoms with van der Waals surface area (Å²) in [6.45, 7) is 0. The maximum Gasteiger partial charge on any atom is 0.356 e. The summed E-state index contributed by atoms with van der Waals surface area (Å²) in [5, 5.41) is 5.47. The van der Waals surface area contributed by atoms with E-state index in [1.165, 1.54) is 13.3 Å². The maximum atomic E-state index is 12.6. The van der Waals surface area contributed by atoms with Gasteiger partial charge < -0.3 is 15.4 Å². The molecule has 3 aromatic carbocycles. The van der Waals surface area contributed by atoms with Gasteiger partial charge in [0, 0.05) is 28.6 Å². The fourth-order valence-electron chi connectivity index (χ4n) is 2.70. The van der Waals surface area contributed by atoms with Gasteiger partial charge in [0.25, 0.3) is 5.91 Å². The average Bonchev–Trinajstić information content (AvgIpc) is 2.81. The number of nitrogens with one attached hydrogen (secondary N) is 2. The maximum absolute atomic E-state index is 12.6. The second-order valence-corrected chi connectivity index (χ2v) is 6.29. The lowest BCUT2D eigenvalue weighted by Gasteiger charge is -2.10. The van der Waals surface area contributed by atoms with Gasteiger partial charge in [0.1, 0.15) is 5.70 Å². The van der Waals surface area contributed by atoms with E-state index in [0.29, 0.717) is 22.4 Å². The van der Waals surface area contributed by atoms with Crippen LogP contribution in [0.2, 0.25) is 0 Å². The smallest absolute Gasteiger partial charge is 0.356 e. The molecule has 0 fully saturated rings. The Morgan fingerprint density at radius 1 is 0.767 bits per heavy atom. The normalized spacial score (nSPS) is 10.8. The third-order valence-corrected chi connectivity index (χ3v) is 4.23. The summed E-state index contributed by atoms with van der Waals surface area (Å²) in [6, 6.07) is 24.3. The lowest BCUT2D eigenvalue weighted by molar-refractivity contribution is -0.136. The zero-order valence-corrected chi connectivity index (χ0v) is 16.3. The molecule has 0 saturated carbocycles. The molecule has 1 amide bonds. The van der Waals surface area contributed by atoms with Crippen molar-refractivity contribution in [3.8, 4) is 0 Å². The van der Waals surface area contributed by atoms with Crippen LogP contribution in [-0.4, -0.2) is 24.8 Å². The Labute approximate surface area is 174 Å². The van der Waals surface area contributed by atoms with E-state index in [2.05, 4.69) is 10.6 Å². The van der Waals surface area contributed by atoms with Crippen LogP contribution in [0.25, 0.3) is 0 Å². The predicted octanol–water partition coefficient (Wildman–Crippen LogP) is 3.77. The van der Waals surface area contributed by atoms with E-state index in [-0.39, 0.29) is 11.5 Å². The molecule has 2 N–H and O–H groups in total. The highest BCUT2D eigenvalue weighted by Crippen LogP contribution is 2.15. The molecule has 0 heterocycles. The first-order chi connectivity index (χ1) is 14.6. The molecule has 0 unspecified atom stereocenters. The molecule has 0 aliphatic heterocycles. The largest absolute Gasteiger partial charge is 0.464 e. The van der Waals surface area contributed by atoms with Gasteiger partial charge >= 0.3 is 5.97 Å². The number of esters is 1. The molecule has 0 aliphatic carbocycles. The number of benzene rings is 3. The number of methoxy groups -OCH3 is 1. The van der Waals surface area contributed by atoms with E-state index in [4.69, 9.17) is 4.74 Å². The number of anilines is 1. The lowest BCUT2D eigenvalue weighted by Crippen LogP contribution is -2.28. The van der Waals surface area contributed by atoms with Crippen LogP contribution in [0.3, 0.4) is 0 Å². The Morgan fingerprint density at radius 2 is 1.37 bits per heavy atom. The van der Waals surface area contributed by atoms with Gasteiger partial charge in [-0.05, 0) is 24.3 Å². The second kappa shape index (κ2) is 9.84. The number of hydrogen-bond acceptors (Lipinski definition) is 5. The summed E-state index contributed by atoms with van der Waals surface area (Å²) >= 11 is 0. The molecule has 0 radical (unpaired) electrons. The number of ether oxygens (including phenoxy) is 1. The van der Waals surface area contributed by atoms with E-state index in [1.807, 2.05) is 6.07 Å². The van der Waals surface area contributed by atoms with Crippen LogP contribution >= 0.6 is 0 Å². The fraction of sp³-hybridized carbons (Fsp3) is 0.0417. The number of rotatable bonds is 7. The quantitative estimate of drug-likeness (QED) is 0.358. The van der Waals surface area contributed by atoms with E-state index in [0.717, 1.165) is 0 Å². The minimum absolute atomic E-state index is 0.0638. The van der Waals surface area contributed by atoms with E-state index >= 15 is 0 Å². The summed E-state index contributed by atoms with van der Waals surface area (Å²) < 4.78 is 4.74. The molecule has 0 bridgehead atoms. The molecule has 3 rings (SSSR count). The molecular weight excluding hydrogens is 380 g/mol. The van der Waals surface area contributed by atoms with Crippen LogP contribution in [-0.2, 0) is 9.53 Å². The van der Waals surface area contributed by atoms with Gasteiger partial charge in [0.05, 0.1) is 7.11 Å². The zero-order valence-electron chi connectivity index (χ0n) is 16.3. The van der Waals surface area contributed by atoms with Gasteiger partial charge in [0.15, 0.2) is 5.78 Å². The van der Waals surface area contributed by atoms with Gasteiger partial charge in [-0.1, -0.05) is 60.7 Å². The van der Waals surface area contributed by atoms with Gasteiger partial charge in [-0.3, -0.25) is 9.59 Å². The van der Waals surface area contributed by atoms with Gasteiger partial charge in [-0.15, -0.1) is 0 Å². The minimum Gasteiger partial charge on any atom is -0.464 e. The van der Waals surface area contributed by atoms with Crippen LogP contribution in [0.5, 0.6) is 0 Å². The summed E-state index contributed by atoms with van der Waals surface area (Å²) in [5.41, 5.74) is 1.99. The van der Waals surface area contributed by atoms with Crippen LogP contribution in [0, 0.1) is 0 Å². The SMILES string of the molecule is COC(=O)/C(=C/Nc1cccc(C(=O)c2ccccc2)c1)NC(=O)c1ccccc1. The monoisotopic (exact) mass is 400 g/mol. The summed E-state index contributed by atoms with van der Waals surface area (Å²) in [5.74, 6) is -1.26. The molecule has 30 heavy (non-hydrogen) atoms. The van der Waals surface area contributed by atoms with Crippen molar-refractivity contribution in [1.82, 2.24) is 5.32 Å². The van der Waals surface area contributed by atoms with Crippen molar-refractivity contribution in [2.24, 2.45) is 0 Å². The molecule has 3 aromatic rings. The Bertz CT molecular complexity index is 1080. The molecule has 0 aromatic heterocycles. The second-order valence-electron chi connectivity index (χ2n) is 6.29. The number of carbonyl (C=O) groups excluding carboxylic acids is 3. The van der Waals surface area contributed by atoms with Crippen LogP contribution in [0.1, 0.15) is 26.3 Å². The molecular formula is C24H20N2O4. The molecule has 0 aliphatic rings. The minimum atomic E-state index is -0.705. The van der Waals surface area contributed by atoms with Gasteiger partial charge in [0.2, 0.25) is 0 Å². The van der Waals surface area contributed by atoms with Crippen molar-refractivity contribution in [1.29, 1.82) is 0 Å². The third kappa shape index (κ3) is 5.20. The fourth-order valence-corrected chi connectivity index (χ4v) is 2.70. The molecule has 6 nitrogen and oxygen atoms in total. The van der Waals surface area contributed by atoms with E-state index < -0.39 is 11.9 Å². The van der Waals surface area contributed by atoms with Crippen LogP contribution in [0.4, 0.5) is 5.69 Å². The highest BCUT2D eigenvalue weighted by Gasteiger charge is 2.15. The Hall–Kier alpha value is -4.19. The van der Waals surface area contributed by atoms with Crippen LogP contribution < -0.4 is 10.6 Å². The van der Waals surface area contributed by atoms with E-state index in [9.17, 15) is 14.4 Å². The van der Waals surface area contributed by atoms with Crippen LogP contribution in [0.15, 0.2) is 96.8 Å². The molecule has 6 heteroatoms. The zero-order chi connectivity index (χ0) is 21.3. The topological polar surface area (TPSA) is 84.5 Å². The first-order valence-electron chi connectivity index (χ1n) is 9.19. The Kier molecular flexibility index (Phi) is 6.74. The van der Waals surface area contributed by atoms with Crippen molar-refractivity contribution in [2.45, 2.75) is 0 Å². The highest BCUT2D eigenvalue weighted by atomic mass is 16.5. The molecule has 0 spiro atoms. The third-order valence-electron chi connectivity index (χ3n) is 4.23. The first kappa shape index (κ1) is 20.5. The van der Waals surface area contributed by atoms with Gasteiger partial charge in [-0.2, -0.15) is 0 Å². The van der Waals surface area contributed by atoms with Crippen molar-refractivity contribution in [3.63, 3.8) is 0 Å². The standard InChI is InChI=1S/C24H20N2O4/c1-30-24(29)21(26-23(28)18-11-6-3-7-12-18)16-25-20-14-8-13-19(15-20)22(27)17-9-4-2-5-10-17/h2-16,25H,1H3,(H,26,28)/b21-16-. The highest BCUT2D eigenvalue weighted by molar-refractivity contribution is 6.09. The Balaban J connectivity index is 1.78. The molecule has 0 saturated heterocycles. The van der Waals surface area contributed by atoms with E-state index in [1.54, 1.807) is 78.9 Å². The molecule has 150 valence electrons. The van der Waals surface area contributed by atoms with Crippen molar-refractivity contribution in [2.75, 3.05) is 12.4 Å². The van der Waals surface area contributed by atoms with Crippen molar-refractivity contribution < 1.29 is 19.1 Å². The summed E-state index contributed by atoms with van der Waals surface area (Å²) in [4.78, 5) is 37.0. The average molecular weight is 400 g/mol. The number of carbonyl (C=O) groups is 3. The van der Waals surface area contributed by atoms with Crippen molar-refractivity contribution in [3.05, 3.63) is 114 Å². The molecule has 0 atom stereocenters. The Morgan fingerprint density at radius 3 is 2.00 bits per heavy atom. The van der Waals surface area contributed by atoms with Crippen molar-refractivity contribution >= 4 is 23.3 Å². The lowest BCUT2D eigenvalue weighted by atomic mass is 10.0. The number of amides is 1. The first-order valence-corrected chi connectivity index (χ1v) is 9.19.